The SMILES string of the molecule is COc1ccc2noc(-c3ccc(Br)cc3)c2n1. The lowest BCUT2D eigenvalue weighted by Gasteiger charge is -1.99. The standard InChI is InChI=1S/C13H9BrN2O2/c1-17-11-7-6-10-12(15-11)13(18-16-10)8-2-4-9(14)5-3-8/h2-7H,1H3. The van der Waals surface area contributed by atoms with Crippen molar-refractivity contribution >= 4 is 27.0 Å². The maximum Gasteiger partial charge on any atom is 0.213 e. The molecule has 1 aromatic carbocycles. The summed E-state index contributed by atoms with van der Waals surface area (Å²) in [5.74, 6) is 1.19. The van der Waals surface area contributed by atoms with E-state index in [1.807, 2.05) is 30.3 Å². The van der Waals surface area contributed by atoms with Gasteiger partial charge < -0.3 is 9.26 Å². The molecule has 5 heteroatoms. The number of halogens is 1. The Balaban J connectivity index is 2.19. The average Bonchev–Trinajstić information content (AvgIpc) is 2.82. The molecule has 3 rings (SSSR count). The van der Waals surface area contributed by atoms with Gasteiger partial charge in [-0.2, -0.15) is 0 Å². The van der Waals surface area contributed by atoms with Gasteiger partial charge in [-0.25, -0.2) is 4.98 Å². The van der Waals surface area contributed by atoms with Crippen LogP contribution in [0.25, 0.3) is 22.4 Å². The van der Waals surface area contributed by atoms with E-state index in [1.165, 1.54) is 0 Å². The van der Waals surface area contributed by atoms with Crippen LogP contribution >= 0.6 is 15.9 Å². The van der Waals surface area contributed by atoms with Gasteiger partial charge in [0.05, 0.1) is 7.11 Å². The predicted molar refractivity (Wildman–Crippen MR) is 71.5 cm³/mol. The summed E-state index contributed by atoms with van der Waals surface area (Å²) >= 11 is 3.40. The molecule has 4 nitrogen and oxygen atoms in total. The first-order chi connectivity index (χ1) is 8.78. The van der Waals surface area contributed by atoms with Gasteiger partial charge >= 0.3 is 0 Å². The zero-order chi connectivity index (χ0) is 12.5. The van der Waals surface area contributed by atoms with Gasteiger partial charge in [-0.3, -0.25) is 0 Å². The molecule has 0 radical (unpaired) electrons. The van der Waals surface area contributed by atoms with Crippen LogP contribution in [-0.4, -0.2) is 17.3 Å². The Morgan fingerprint density at radius 1 is 1.11 bits per heavy atom. The van der Waals surface area contributed by atoms with Crippen molar-refractivity contribution in [3.8, 4) is 17.2 Å². The van der Waals surface area contributed by atoms with Crippen LogP contribution in [0, 0.1) is 0 Å². The Hall–Kier alpha value is -1.88. The molecule has 0 amide bonds. The van der Waals surface area contributed by atoms with Crippen LogP contribution in [0.2, 0.25) is 0 Å². The van der Waals surface area contributed by atoms with Crippen molar-refractivity contribution in [3.63, 3.8) is 0 Å². The van der Waals surface area contributed by atoms with E-state index in [0.717, 1.165) is 10.0 Å². The van der Waals surface area contributed by atoms with Crippen molar-refractivity contribution in [3.05, 3.63) is 40.9 Å². The molecule has 0 saturated heterocycles. The van der Waals surface area contributed by atoms with E-state index < -0.39 is 0 Å². The van der Waals surface area contributed by atoms with Gasteiger partial charge in [0, 0.05) is 16.1 Å². The fourth-order valence-corrected chi connectivity index (χ4v) is 1.98. The third-order valence-electron chi connectivity index (χ3n) is 2.61. The van der Waals surface area contributed by atoms with E-state index in [4.69, 9.17) is 9.26 Å². The molecule has 2 aromatic heterocycles. The molecule has 0 spiro atoms. The molecule has 0 saturated carbocycles. The van der Waals surface area contributed by atoms with Crippen LogP contribution < -0.4 is 4.74 Å². The summed E-state index contributed by atoms with van der Waals surface area (Å²) < 4.78 is 11.5. The van der Waals surface area contributed by atoms with Gasteiger partial charge in [-0.15, -0.1) is 0 Å². The Morgan fingerprint density at radius 2 is 1.89 bits per heavy atom. The molecule has 0 bridgehead atoms. The largest absolute Gasteiger partial charge is 0.481 e. The van der Waals surface area contributed by atoms with Crippen molar-refractivity contribution in [2.75, 3.05) is 7.11 Å². The lowest BCUT2D eigenvalue weighted by molar-refractivity contribution is 0.399. The van der Waals surface area contributed by atoms with Gasteiger partial charge in [-0.05, 0) is 30.3 Å². The highest BCUT2D eigenvalue weighted by Crippen LogP contribution is 2.29. The first-order valence-electron chi connectivity index (χ1n) is 5.34. The number of hydrogen-bond donors (Lipinski definition) is 0. The van der Waals surface area contributed by atoms with Crippen LogP contribution in [0.1, 0.15) is 0 Å². The molecule has 3 aromatic rings. The molecule has 0 aliphatic heterocycles. The maximum atomic E-state index is 5.36. The quantitative estimate of drug-likeness (QED) is 0.725. The summed E-state index contributed by atoms with van der Waals surface area (Å²) in [6, 6.07) is 11.4. The van der Waals surface area contributed by atoms with Gasteiger partial charge in [0.2, 0.25) is 5.88 Å². The summed E-state index contributed by atoms with van der Waals surface area (Å²) in [5, 5.41) is 3.99. The molecule has 90 valence electrons. The maximum absolute atomic E-state index is 5.36. The minimum absolute atomic E-state index is 0.545. The smallest absolute Gasteiger partial charge is 0.213 e. The third-order valence-corrected chi connectivity index (χ3v) is 3.14. The van der Waals surface area contributed by atoms with E-state index in [1.54, 1.807) is 13.2 Å². The molecule has 0 aliphatic rings. The number of hydrogen-bond acceptors (Lipinski definition) is 4. The minimum atomic E-state index is 0.545. The second kappa shape index (κ2) is 4.42. The summed E-state index contributed by atoms with van der Waals surface area (Å²) in [6.45, 7) is 0. The Bertz CT molecular complexity index is 692. The van der Waals surface area contributed by atoms with E-state index in [9.17, 15) is 0 Å². The fourth-order valence-electron chi connectivity index (χ4n) is 1.72. The molecule has 2 heterocycles. The van der Waals surface area contributed by atoms with Crippen LogP contribution in [0.3, 0.4) is 0 Å². The second-order valence-electron chi connectivity index (χ2n) is 3.74. The highest BCUT2D eigenvalue weighted by Gasteiger charge is 2.12. The van der Waals surface area contributed by atoms with E-state index in [0.29, 0.717) is 22.7 Å². The second-order valence-corrected chi connectivity index (χ2v) is 4.66. The number of benzene rings is 1. The number of ether oxygens (including phenoxy) is 1. The van der Waals surface area contributed by atoms with E-state index >= 15 is 0 Å². The van der Waals surface area contributed by atoms with Crippen LogP contribution in [-0.2, 0) is 0 Å². The monoisotopic (exact) mass is 304 g/mol. The molecule has 0 N–H and O–H groups in total. The number of methoxy groups -OCH3 is 1. The molecular weight excluding hydrogens is 296 g/mol. The number of aromatic nitrogens is 2. The van der Waals surface area contributed by atoms with E-state index in [2.05, 4.69) is 26.1 Å². The normalized spacial score (nSPS) is 10.8. The topological polar surface area (TPSA) is 48.2 Å². The van der Waals surface area contributed by atoms with Gasteiger partial charge in [0.1, 0.15) is 11.0 Å². The highest BCUT2D eigenvalue weighted by molar-refractivity contribution is 9.10. The number of rotatable bonds is 2. The van der Waals surface area contributed by atoms with Crippen molar-refractivity contribution in [2.45, 2.75) is 0 Å². The Labute approximate surface area is 112 Å². The van der Waals surface area contributed by atoms with Crippen LogP contribution in [0.15, 0.2) is 45.4 Å². The fraction of sp³-hybridized carbons (Fsp3) is 0.0769. The van der Waals surface area contributed by atoms with Crippen molar-refractivity contribution in [1.29, 1.82) is 0 Å². The zero-order valence-electron chi connectivity index (χ0n) is 9.55. The van der Waals surface area contributed by atoms with E-state index in [-0.39, 0.29) is 0 Å². The molecule has 0 fully saturated rings. The number of nitrogens with zero attached hydrogens (tertiary/aromatic N) is 2. The zero-order valence-corrected chi connectivity index (χ0v) is 11.1. The van der Waals surface area contributed by atoms with Crippen molar-refractivity contribution in [2.24, 2.45) is 0 Å². The summed E-state index contributed by atoms with van der Waals surface area (Å²) in [7, 11) is 1.58. The molecule has 0 aliphatic carbocycles. The Morgan fingerprint density at radius 3 is 2.61 bits per heavy atom. The summed E-state index contributed by atoms with van der Waals surface area (Å²) in [4.78, 5) is 4.36. The molecule has 0 unspecified atom stereocenters. The number of fused-ring (bicyclic) bond motifs is 1. The lowest BCUT2D eigenvalue weighted by atomic mass is 10.1. The van der Waals surface area contributed by atoms with Gasteiger partial charge in [-0.1, -0.05) is 21.1 Å². The summed E-state index contributed by atoms with van der Waals surface area (Å²) in [6.07, 6.45) is 0. The highest BCUT2D eigenvalue weighted by atomic mass is 79.9. The average molecular weight is 305 g/mol. The first kappa shape index (κ1) is 11.2. The molecule has 18 heavy (non-hydrogen) atoms. The van der Waals surface area contributed by atoms with Gasteiger partial charge in [0.25, 0.3) is 0 Å². The van der Waals surface area contributed by atoms with Crippen LogP contribution in [0.5, 0.6) is 5.88 Å². The molecule has 0 atom stereocenters. The van der Waals surface area contributed by atoms with Gasteiger partial charge in [0.15, 0.2) is 5.76 Å². The first-order valence-corrected chi connectivity index (χ1v) is 6.13. The van der Waals surface area contributed by atoms with Crippen molar-refractivity contribution < 1.29 is 9.26 Å². The van der Waals surface area contributed by atoms with Crippen molar-refractivity contribution in [1.82, 2.24) is 10.1 Å². The predicted octanol–water partition coefficient (Wildman–Crippen LogP) is 3.66. The number of pyridine rings is 1. The third kappa shape index (κ3) is 1.86. The minimum Gasteiger partial charge on any atom is -0.481 e. The van der Waals surface area contributed by atoms with Crippen LogP contribution in [0.4, 0.5) is 0 Å². The Kier molecular flexibility index (Phi) is 2.76. The lowest BCUT2D eigenvalue weighted by Crippen LogP contribution is -1.87. The molecular formula is C13H9BrN2O2. The summed E-state index contributed by atoms with van der Waals surface area (Å²) in [5.41, 5.74) is 2.35.